The zero-order valence-corrected chi connectivity index (χ0v) is 15.3. The molecule has 21 heavy (non-hydrogen) atoms. The zero-order chi connectivity index (χ0) is 16.2. The van der Waals surface area contributed by atoms with E-state index in [1.165, 1.54) is 0 Å². The first-order valence-electron chi connectivity index (χ1n) is 7.76. The number of nitrogens with one attached hydrogen (secondary N) is 1. The molecule has 0 aliphatic rings. The van der Waals surface area contributed by atoms with Crippen LogP contribution in [0.1, 0.15) is 54.0 Å². The van der Waals surface area contributed by atoms with Crippen molar-refractivity contribution >= 4 is 17.4 Å². The number of halogens is 1. The maximum atomic E-state index is 6.29. The number of hydrogen-bond acceptors (Lipinski definition) is 3. The Morgan fingerprint density at radius 1 is 1.24 bits per heavy atom. The molecule has 0 spiro atoms. The van der Waals surface area contributed by atoms with E-state index in [1.54, 1.807) is 6.20 Å². The highest BCUT2D eigenvalue weighted by Gasteiger charge is 2.16. The molecule has 1 heterocycles. The van der Waals surface area contributed by atoms with Crippen molar-refractivity contribution in [3.63, 3.8) is 0 Å². The minimum absolute atomic E-state index is 0.0719. The van der Waals surface area contributed by atoms with Crippen LogP contribution in [0.2, 0.25) is 5.02 Å². The van der Waals surface area contributed by atoms with Crippen LogP contribution in [0.5, 0.6) is 0 Å². The predicted molar refractivity (Wildman–Crippen MR) is 93.2 cm³/mol. The predicted octanol–water partition coefficient (Wildman–Crippen LogP) is 4.49. The second-order valence-corrected chi connectivity index (χ2v) is 7.78. The summed E-state index contributed by atoms with van der Waals surface area (Å²) in [6, 6.07) is 2.54. The third-order valence-corrected chi connectivity index (χ3v) is 3.55. The van der Waals surface area contributed by atoms with Gasteiger partial charge in [-0.05, 0) is 52.2 Å². The number of nitrogens with zero attached hydrogens (tertiary/aromatic N) is 2. The molecule has 0 amide bonds. The van der Waals surface area contributed by atoms with Gasteiger partial charge in [0.05, 0.1) is 5.02 Å². The minimum atomic E-state index is 0.0719. The Hall–Kier alpha value is -0.800. The Labute approximate surface area is 135 Å². The lowest BCUT2D eigenvalue weighted by Crippen LogP contribution is -2.36. The molecule has 0 radical (unpaired) electrons. The summed E-state index contributed by atoms with van der Waals surface area (Å²) in [5, 5.41) is 4.21. The molecule has 1 aromatic rings. The summed E-state index contributed by atoms with van der Waals surface area (Å²) in [6.45, 7) is 17.1. The highest BCUT2D eigenvalue weighted by molar-refractivity contribution is 6.31. The van der Waals surface area contributed by atoms with Gasteiger partial charge in [0.1, 0.15) is 5.82 Å². The topological polar surface area (TPSA) is 28.2 Å². The van der Waals surface area contributed by atoms with Gasteiger partial charge in [0.25, 0.3) is 0 Å². The third-order valence-electron chi connectivity index (χ3n) is 3.21. The summed E-state index contributed by atoms with van der Waals surface area (Å²) in [6.07, 6.45) is 1.77. The van der Waals surface area contributed by atoms with Crippen molar-refractivity contribution in [2.24, 2.45) is 5.92 Å². The van der Waals surface area contributed by atoms with Gasteiger partial charge in [-0.3, -0.25) is 0 Å². The zero-order valence-electron chi connectivity index (χ0n) is 14.5. The standard InChI is InChI=1S/C17H30ClN3/c1-12(2)11-21(13(3)4)16-8-14(15(18)10-19-16)9-20-17(5,6)7/h8,10,12-13,20H,9,11H2,1-7H3. The van der Waals surface area contributed by atoms with Gasteiger partial charge in [-0.15, -0.1) is 0 Å². The summed E-state index contributed by atoms with van der Waals surface area (Å²) < 4.78 is 0. The Balaban J connectivity index is 2.98. The molecule has 0 aliphatic heterocycles. The van der Waals surface area contributed by atoms with Crippen molar-refractivity contribution in [3.8, 4) is 0 Å². The summed E-state index contributed by atoms with van der Waals surface area (Å²) in [5.41, 5.74) is 1.17. The van der Waals surface area contributed by atoms with Gasteiger partial charge in [-0.2, -0.15) is 0 Å². The van der Waals surface area contributed by atoms with Crippen molar-refractivity contribution < 1.29 is 0 Å². The molecular formula is C17H30ClN3. The summed E-state index contributed by atoms with van der Waals surface area (Å²) in [4.78, 5) is 6.86. The number of hydrogen-bond donors (Lipinski definition) is 1. The summed E-state index contributed by atoms with van der Waals surface area (Å²) >= 11 is 6.29. The van der Waals surface area contributed by atoms with Crippen LogP contribution < -0.4 is 10.2 Å². The van der Waals surface area contributed by atoms with Gasteiger partial charge in [0.2, 0.25) is 0 Å². The summed E-state index contributed by atoms with van der Waals surface area (Å²) in [5.74, 6) is 1.61. The molecule has 0 aliphatic carbocycles. The van der Waals surface area contributed by atoms with Crippen LogP contribution in [0.15, 0.2) is 12.3 Å². The first-order chi connectivity index (χ1) is 9.60. The molecular weight excluding hydrogens is 282 g/mol. The second kappa shape index (κ2) is 7.46. The van der Waals surface area contributed by atoms with E-state index in [0.29, 0.717) is 12.0 Å². The van der Waals surface area contributed by atoms with Crippen molar-refractivity contribution in [2.75, 3.05) is 11.4 Å². The highest BCUT2D eigenvalue weighted by atomic mass is 35.5. The van der Waals surface area contributed by atoms with Crippen molar-refractivity contribution in [1.29, 1.82) is 0 Å². The molecule has 1 N–H and O–H groups in total. The van der Waals surface area contributed by atoms with Crippen LogP contribution in [-0.4, -0.2) is 23.1 Å². The summed E-state index contributed by atoms with van der Waals surface area (Å²) in [7, 11) is 0. The maximum Gasteiger partial charge on any atom is 0.129 e. The number of aromatic nitrogens is 1. The lowest BCUT2D eigenvalue weighted by atomic mass is 10.1. The van der Waals surface area contributed by atoms with Gasteiger partial charge >= 0.3 is 0 Å². The molecule has 1 aromatic heterocycles. The minimum Gasteiger partial charge on any atom is -0.354 e. The second-order valence-electron chi connectivity index (χ2n) is 7.38. The van der Waals surface area contributed by atoms with Gasteiger partial charge in [-0.25, -0.2) is 4.98 Å². The Morgan fingerprint density at radius 2 is 1.86 bits per heavy atom. The van der Waals surface area contributed by atoms with Crippen LogP contribution in [0.4, 0.5) is 5.82 Å². The molecule has 0 fully saturated rings. The Bertz CT molecular complexity index is 450. The largest absolute Gasteiger partial charge is 0.354 e. The molecule has 0 unspecified atom stereocenters. The van der Waals surface area contributed by atoms with Gasteiger partial charge < -0.3 is 10.2 Å². The molecule has 0 aromatic carbocycles. The normalized spacial score (nSPS) is 12.3. The van der Waals surface area contributed by atoms with Crippen LogP contribution in [0.25, 0.3) is 0 Å². The molecule has 4 heteroatoms. The first kappa shape index (κ1) is 18.2. The van der Waals surface area contributed by atoms with Gasteiger partial charge in [0.15, 0.2) is 0 Å². The fourth-order valence-corrected chi connectivity index (χ4v) is 2.25. The van der Waals surface area contributed by atoms with Crippen LogP contribution in [-0.2, 0) is 6.54 Å². The van der Waals surface area contributed by atoms with Crippen molar-refractivity contribution in [2.45, 2.75) is 66.6 Å². The van der Waals surface area contributed by atoms with Crippen molar-refractivity contribution in [3.05, 3.63) is 22.8 Å². The van der Waals surface area contributed by atoms with Gasteiger partial charge in [-0.1, -0.05) is 25.4 Å². The average Bonchev–Trinajstić information content (AvgIpc) is 2.33. The fourth-order valence-electron chi connectivity index (χ4n) is 2.08. The van der Waals surface area contributed by atoms with E-state index >= 15 is 0 Å². The Kier molecular flexibility index (Phi) is 6.48. The molecule has 1 rings (SSSR count). The number of rotatable bonds is 6. The van der Waals surface area contributed by atoms with E-state index in [1.807, 2.05) is 0 Å². The smallest absolute Gasteiger partial charge is 0.129 e. The molecule has 120 valence electrons. The average molecular weight is 312 g/mol. The maximum absolute atomic E-state index is 6.29. The lowest BCUT2D eigenvalue weighted by Gasteiger charge is -2.30. The fraction of sp³-hybridized carbons (Fsp3) is 0.706. The lowest BCUT2D eigenvalue weighted by molar-refractivity contribution is 0.424. The van der Waals surface area contributed by atoms with E-state index in [4.69, 9.17) is 11.6 Å². The quantitative estimate of drug-likeness (QED) is 0.838. The number of anilines is 1. The van der Waals surface area contributed by atoms with E-state index in [-0.39, 0.29) is 5.54 Å². The van der Waals surface area contributed by atoms with Crippen molar-refractivity contribution in [1.82, 2.24) is 10.3 Å². The third kappa shape index (κ3) is 6.23. The van der Waals surface area contributed by atoms with E-state index < -0.39 is 0 Å². The molecule has 0 bridgehead atoms. The molecule has 3 nitrogen and oxygen atoms in total. The molecule has 0 saturated carbocycles. The van der Waals surface area contributed by atoms with Crippen LogP contribution in [0.3, 0.4) is 0 Å². The highest BCUT2D eigenvalue weighted by Crippen LogP contribution is 2.23. The first-order valence-corrected chi connectivity index (χ1v) is 8.14. The SMILES string of the molecule is CC(C)CN(c1cc(CNC(C)(C)C)c(Cl)cn1)C(C)C. The van der Waals surface area contributed by atoms with E-state index in [2.05, 4.69) is 69.7 Å². The number of pyridine rings is 1. The van der Waals surface area contributed by atoms with E-state index in [0.717, 1.165) is 29.5 Å². The molecule has 0 saturated heterocycles. The van der Waals surface area contributed by atoms with Crippen LogP contribution >= 0.6 is 11.6 Å². The monoisotopic (exact) mass is 311 g/mol. The Morgan fingerprint density at radius 3 is 2.33 bits per heavy atom. The molecule has 0 atom stereocenters. The van der Waals surface area contributed by atoms with Gasteiger partial charge in [0, 0.05) is 30.9 Å². The van der Waals surface area contributed by atoms with E-state index in [9.17, 15) is 0 Å². The van der Waals surface area contributed by atoms with Crippen LogP contribution in [0, 0.1) is 5.92 Å².